The van der Waals surface area contributed by atoms with Gasteiger partial charge in [0.15, 0.2) is 0 Å². The Balaban J connectivity index is 5.23. The number of hydrogen-bond donors (Lipinski definition) is 0. The highest BCUT2D eigenvalue weighted by atomic mass is 79.9. The Morgan fingerprint density at radius 3 is 1.74 bits per heavy atom. The third-order valence-electron chi connectivity index (χ3n) is 2.31. The second-order valence-corrected chi connectivity index (χ2v) is 9.63. The van der Waals surface area contributed by atoms with Crippen molar-refractivity contribution in [3.63, 3.8) is 0 Å². The lowest BCUT2D eigenvalue weighted by Crippen LogP contribution is -2.19. The molecule has 0 radical (unpaired) electrons. The Morgan fingerprint density at radius 1 is 0.957 bits per heavy atom. The van der Waals surface area contributed by atoms with Crippen LogP contribution in [0.4, 0.5) is 0 Å². The van der Waals surface area contributed by atoms with E-state index in [4.69, 9.17) is 79.1 Å². The molecule has 11 heteroatoms. The highest BCUT2D eigenvalue weighted by Crippen LogP contribution is 2.31. The van der Waals surface area contributed by atoms with Crippen LogP contribution in [0, 0.1) is 0 Å². The van der Waals surface area contributed by atoms with E-state index in [2.05, 4.69) is 15.9 Å². The molecular weight excluding hydrogens is 501 g/mol. The number of ether oxygens (including phenoxy) is 2. The Bertz CT molecular complexity index is 507. The van der Waals surface area contributed by atoms with Gasteiger partial charge >= 0.3 is 0 Å². The van der Waals surface area contributed by atoms with Crippen molar-refractivity contribution in [3.05, 3.63) is 23.7 Å². The van der Waals surface area contributed by atoms with E-state index in [0.29, 0.717) is 0 Å². The molecule has 4 nitrogen and oxygen atoms in total. The molecule has 0 aliphatic carbocycles. The maximum absolute atomic E-state index is 11.7. The normalized spacial score (nSPS) is 15.2. The SMILES string of the molecule is CO/C(=C/C(=O)C(Cl)(Cl)Cl)CC(Br)/C(=C\C(=O)C(Cl)(Cl)Cl)OC. The van der Waals surface area contributed by atoms with Gasteiger partial charge < -0.3 is 9.47 Å². The van der Waals surface area contributed by atoms with Crippen LogP contribution in [0.3, 0.4) is 0 Å². The molecule has 0 aromatic rings. The van der Waals surface area contributed by atoms with Crippen molar-refractivity contribution >= 4 is 97.1 Å². The summed E-state index contributed by atoms with van der Waals surface area (Å²) in [6, 6.07) is 0. The number of carbonyl (C=O) groups is 2. The highest BCUT2D eigenvalue weighted by Gasteiger charge is 2.31. The lowest BCUT2D eigenvalue weighted by atomic mass is 10.2. The van der Waals surface area contributed by atoms with E-state index in [1.807, 2.05) is 0 Å². The maximum Gasteiger partial charge on any atom is 0.252 e. The van der Waals surface area contributed by atoms with Crippen molar-refractivity contribution in [1.29, 1.82) is 0 Å². The number of alkyl halides is 7. The number of halogens is 7. The average molecular weight is 512 g/mol. The van der Waals surface area contributed by atoms with Crippen LogP contribution < -0.4 is 0 Å². The summed E-state index contributed by atoms with van der Waals surface area (Å²) < 4.78 is 5.90. The van der Waals surface area contributed by atoms with Crippen LogP contribution in [0.5, 0.6) is 0 Å². The monoisotopic (exact) mass is 508 g/mol. The summed E-state index contributed by atoms with van der Waals surface area (Å²) >= 11 is 36.1. The van der Waals surface area contributed by atoms with Gasteiger partial charge in [-0.3, -0.25) is 9.59 Å². The van der Waals surface area contributed by atoms with Crippen LogP contribution in [0.1, 0.15) is 6.42 Å². The van der Waals surface area contributed by atoms with Crippen molar-refractivity contribution in [2.24, 2.45) is 0 Å². The summed E-state index contributed by atoms with van der Waals surface area (Å²) in [6.45, 7) is 0. The molecule has 0 aromatic heterocycles. The van der Waals surface area contributed by atoms with Gasteiger partial charge in [-0.1, -0.05) is 85.5 Å². The zero-order chi connectivity index (χ0) is 18.4. The number of rotatable bonds is 7. The predicted octanol–water partition coefficient (Wildman–Crippen LogP) is 5.08. The van der Waals surface area contributed by atoms with Crippen LogP contribution in [-0.2, 0) is 19.1 Å². The summed E-state index contributed by atoms with van der Waals surface area (Å²) in [5, 5.41) is 0. The van der Waals surface area contributed by atoms with E-state index in [9.17, 15) is 9.59 Å². The molecule has 0 aliphatic rings. The fraction of sp³-hybridized carbons (Fsp3) is 0.500. The van der Waals surface area contributed by atoms with E-state index >= 15 is 0 Å². The van der Waals surface area contributed by atoms with Gasteiger partial charge in [-0.2, -0.15) is 0 Å². The lowest BCUT2D eigenvalue weighted by molar-refractivity contribution is -0.114. The molecule has 0 fully saturated rings. The van der Waals surface area contributed by atoms with Crippen molar-refractivity contribution in [2.45, 2.75) is 18.8 Å². The minimum Gasteiger partial charge on any atom is -0.501 e. The molecule has 0 saturated heterocycles. The van der Waals surface area contributed by atoms with Gasteiger partial charge in [0.05, 0.1) is 19.0 Å². The molecule has 0 spiro atoms. The summed E-state index contributed by atoms with van der Waals surface area (Å²) in [7, 11) is 2.66. The number of methoxy groups -OCH3 is 2. The van der Waals surface area contributed by atoms with E-state index in [-0.39, 0.29) is 17.9 Å². The summed E-state index contributed by atoms with van der Waals surface area (Å²) in [5.74, 6) is -1.22. The van der Waals surface area contributed by atoms with E-state index in [0.717, 1.165) is 12.2 Å². The fourth-order valence-electron chi connectivity index (χ4n) is 1.19. The summed E-state index contributed by atoms with van der Waals surface area (Å²) in [5.41, 5.74) is 0. The average Bonchev–Trinajstić information content (AvgIpc) is 2.40. The first-order valence-electron chi connectivity index (χ1n) is 5.69. The van der Waals surface area contributed by atoms with Gasteiger partial charge in [0.2, 0.25) is 11.6 Å². The molecule has 0 rings (SSSR count). The Labute approximate surface area is 172 Å². The van der Waals surface area contributed by atoms with Gasteiger partial charge in [0.25, 0.3) is 7.59 Å². The zero-order valence-electron chi connectivity index (χ0n) is 11.7. The highest BCUT2D eigenvalue weighted by molar-refractivity contribution is 9.09. The van der Waals surface area contributed by atoms with Crippen LogP contribution in [0.2, 0.25) is 0 Å². The van der Waals surface area contributed by atoms with Gasteiger partial charge in [-0.15, -0.1) is 0 Å². The quantitative estimate of drug-likeness (QED) is 0.272. The summed E-state index contributed by atoms with van der Waals surface area (Å²) in [6.07, 6.45) is 2.16. The molecule has 0 N–H and O–H groups in total. The first-order chi connectivity index (χ1) is 10.3. The molecule has 0 aromatic carbocycles. The Hall–Kier alpha value is 0.640. The molecule has 0 aliphatic heterocycles. The van der Waals surface area contributed by atoms with Gasteiger partial charge in [0, 0.05) is 18.6 Å². The van der Waals surface area contributed by atoms with Crippen LogP contribution in [0.15, 0.2) is 23.7 Å². The van der Waals surface area contributed by atoms with Crippen LogP contribution >= 0.6 is 85.5 Å². The maximum atomic E-state index is 11.7. The smallest absolute Gasteiger partial charge is 0.252 e. The first-order valence-corrected chi connectivity index (χ1v) is 8.87. The van der Waals surface area contributed by atoms with Gasteiger partial charge in [0.1, 0.15) is 11.5 Å². The topological polar surface area (TPSA) is 52.6 Å². The van der Waals surface area contributed by atoms with E-state index in [1.165, 1.54) is 14.2 Å². The molecule has 0 heterocycles. The lowest BCUT2D eigenvalue weighted by Gasteiger charge is -2.16. The van der Waals surface area contributed by atoms with Crippen molar-refractivity contribution in [1.82, 2.24) is 0 Å². The van der Waals surface area contributed by atoms with Crippen LogP contribution in [0.25, 0.3) is 0 Å². The number of allylic oxidation sites excluding steroid dienone is 4. The molecule has 1 unspecified atom stereocenters. The standard InChI is InChI=1S/C12H11BrCl6O4/c1-22-6(4-9(20)11(14,15)16)3-7(13)8(23-2)5-10(21)12(17,18)19/h4-5,7H,3H2,1-2H3/b6-4+,8-5+. The molecular formula is C12H11BrCl6O4. The van der Waals surface area contributed by atoms with Crippen molar-refractivity contribution < 1.29 is 19.1 Å². The predicted molar refractivity (Wildman–Crippen MR) is 98.1 cm³/mol. The Kier molecular flexibility index (Phi) is 10.2. The minimum absolute atomic E-state index is 0.107. The third-order valence-corrected chi connectivity index (χ3v) is 4.20. The first kappa shape index (κ1) is 23.6. The minimum atomic E-state index is -2.11. The third kappa shape index (κ3) is 9.05. The summed E-state index contributed by atoms with van der Waals surface area (Å²) in [4.78, 5) is 22.8. The van der Waals surface area contributed by atoms with Gasteiger partial charge in [-0.25, -0.2) is 0 Å². The second kappa shape index (κ2) is 9.95. The number of hydrogen-bond acceptors (Lipinski definition) is 4. The van der Waals surface area contributed by atoms with E-state index < -0.39 is 24.0 Å². The molecule has 0 bridgehead atoms. The largest absolute Gasteiger partial charge is 0.501 e. The number of carbonyl (C=O) groups excluding carboxylic acids is 2. The molecule has 132 valence electrons. The Morgan fingerprint density at radius 2 is 1.39 bits per heavy atom. The zero-order valence-corrected chi connectivity index (χ0v) is 17.8. The van der Waals surface area contributed by atoms with Crippen molar-refractivity contribution in [2.75, 3.05) is 14.2 Å². The van der Waals surface area contributed by atoms with Crippen molar-refractivity contribution in [3.8, 4) is 0 Å². The number of ketones is 2. The fourth-order valence-corrected chi connectivity index (χ4v) is 2.16. The second-order valence-electron chi connectivity index (χ2n) is 3.96. The molecule has 23 heavy (non-hydrogen) atoms. The van der Waals surface area contributed by atoms with Gasteiger partial charge in [-0.05, 0) is 0 Å². The molecule has 0 saturated carbocycles. The molecule has 0 amide bonds. The molecule has 1 atom stereocenters. The van der Waals surface area contributed by atoms with Crippen LogP contribution in [-0.4, -0.2) is 38.2 Å². The van der Waals surface area contributed by atoms with E-state index in [1.54, 1.807) is 0 Å².